The normalized spacial score (nSPS) is 15.0. The highest BCUT2D eigenvalue weighted by Crippen LogP contribution is 2.30. The Kier molecular flexibility index (Phi) is 18.0. The zero-order chi connectivity index (χ0) is 49.7. The first-order valence-electron chi connectivity index (χ1n) is 23.1. The highest BCUT2D eigenvalue weighted by atomic mass is 16.6. The third-order valence-corrected chi connectivity index (χ3v) is 10.8. The molecule has 69 heavy (non-hydrogen) atoms. The number of amides is 3. The largest absolute Gasteiger partial charge is 0.493 e. The number of aryl methyl sites for hydroxylation is 1. The molecule has 0 saturated carbocycles. The second kappa shape index (κ2) is 23.8. The Labute approximate surface area is 402 Å². The molecular formula is C50H65N5O14. The van der Waals surface area contributed by atoms with Gasteiger partial charge in [0.2, 0.25) is 0 Å². The molecule has 1 aromatic heterocycles. The summed E-state index contributed by atoms with van der Waals surface area (Å²) in [4.78, 5) is 74.3. The van der Waals surface area contributed by atoms with E-state index in [2.05, 4.69) is 10.2 Å². The minimum atomic E-state index is -0.693. The number of anilines is 1. The molecule has 3 heterocycles. The van der Waals surface area contributed by atoms with E-state index < -0.39 is 35.1 Å². The van der Waals surface area contributed by atoms with Crippen LogP contribution in [0.5, 0.6) is 17.2 Å². The van der Waals surface area contributed by atoms with Gasteiger partial charge in [-0.3, -0.25) is 23.9 Å². The maximum atomic E-state index is 14.5. The number of nitrogens with zero attached hydrogens (tertiary/aromatic N) is 4. The number of nitrogens with one attached hydrogen (secondary N) is 1. The number of esters is 1. The second-order valence-corrected chi connectivity index (χ2v) is 18.4. The van der Waals surface area contributed by atoms with E-state index in [1.54, 1.807) is 72.5 Å². The van der Waals surface area contributed by atoms with Crippen molar-refractivity contribution < 1.29 is 61.8 Å². The predicted molar refractivity (Wildman–Crippen MR) is 255 cm³/mol. The van der Waals surface area contributed by atoms with Crippen LogP contribution in [-0.2, 0) is 52.6 Å². The fraction of sp³-hybridized carbons (Fsp3) is 0.520. The third-order valence-electron chi connectivity index (χ3n) is 10.8. The number of imide groups is 1. The summed E-state index contributed by atoms with van der Waals surface area (Å²) in [6.45, 7) is 14.4. The summed E-state index contributed by atoms with van der Waals surface area (Å²) in [5.41, 5.74) is 1.04. The molecule has 0 spiro atoms. The van der Waals surface area contributed by atoms with Crippen LogP contribution in [0.25, 0.3) is 10.9 Å². The van der Waals surface area contributed by atoms with Gasteiger partial charge in [-0.25, -0.2) is 14.6 Å². The number of hydrogen-bond donors (Lipinski definition) is 1. The van der Waals surface area contributed by atoms with E-state index in [-0.39, 0.29) is 67.9 Å². The van der Waals surface area contributed by atoms with Crippen LogP contribution in [-0.4, -0.2) is 149 Å². The number of ether oxygens (including phenoxy) is 9. The summed E-state index contributed by atoms with van der Waals surface area (Å²) in [5.74, 6) is 0.0738. The number of benzene rings is 3. The lowest BCUT2D eigenvalue weighted by atomic mass is 10.1. The molecule has 0 radical (unpaired) electrons. The van der Waals surface area contributed by atoms with Crippen molar-refractivity contribution in [1.82, 2.24) is 19.8 Å². The van der Waals surface area contributed by atoms with Gasteiger partial charge >= 0.3 is 12.1 Å². The van der Waals surface area contributed by atoms with Crippen molar-refractivity contribution in [3.8, 4) is 17.2 Å². The number of rotatable bonds is 23. The van der Waals surface area contributed by atoms with E-state index in [4.69, 9.17) is 47.6 Å². The van der Waals surface area contributed by atoms with Crippen LogP contribution < -0.4 is 30.0 Å². The number of fused-ring (bicyclic) bond motifs is 2. The highest BCUT2D eigenvalue weighted by Gasteiger charge is 2.36. The van der Waals surface area contributed by atoms with Gasteiger partial charge in [0.05, 0.1) is 74.9 Å². The van der Waals surface area contributed by atoms with Crippen LogP contribution in [0.15, 0.2) is 59.4 Å². The lowest BCUT2D eigenvalue weighted by Crippen LogP contribution is -2.44. The van der Waals surface area contributed by atoms with Crippen molar-refractivity contribution in [2.45, 2.75) is 78.2 Å². The first-order chi connectivity index (χ1) is 32.9. The van der Waals surface area contributed by atoms with E-state index in [1.165, 1.54) is 18.2 Å². The standard InChI is InChI=1S/C50H65N5O14/c1-49(2,3)68-44(56)32-67-35-11-13-37-39(29-35)47(59)55(45(37)57)19-16-43-52-40-28-34(53-20-22-65-36(30-53)31-61-7)10-12-38(40)46(58)54(43)18-15-33-9-14-41(62-8)42(27-33)66-26-25-64-24-23-63-21-17-51-48(60)69-50(4,5)6/h9-14,27-29,36H,15-26,30-32H2,1-8H3,(H,51,60)/t36-/m1/s1. The molecule has 19 nitrogen and oxygen atoms in total. The maximum Gasteiger partial charge on any atom is 0.407 e. The molecule has 19 heteroatoms. The highest BCUT2D eigenvalue weighted by molar-refractivity contribution is 6.21. The summed E-state index contributed by atoms with van der Waals surface area (Å²) in [7, 11) is 3.19. The van der Waals surface area contributed by atoms with Gasteiger partial charge in [-0.05, 0) is 102 Å². The van der Waals surface area contributed by atoms with Gasteiger partial charge in [0, 0.05) is 51.9 Å². The minimum Gasteiger partial charge on any atom is -0.493 e. The molecule has 374 valence electrons. The fourth-order valence-electron chi connectivity index (χ4n) is 7.70. The van der Waals surface area contributed by atoms with E-state index in [0.29, 0.717) is 87.3 Å². The second-order valence-electron chi connectivity index (χ2n) is 18.4. The van der Waals surface area contributed by atoms with Crippen molar-refractivity contribution >= 4 is 40.5 Å². The van der Waals surface area contributed by atoms with Crippen molar-refractivity contribution in [2.24, 2.45) is 0 Å². The number of alkyl carbamates (subject to hydrolysis) is 1. The number of aromatic nitrogens is 2. The predicted octanol–water partition coefficient (Wildman–Crippen LogP) is 5.00. The summed E-state index contributed by atoms with van der Waals surface area (Å²) in [6, 6.07) is 15.6. The van der Waals surface area contributed by atoms with Crippen LogP contribution in [0.1, 0.15) is 73.6 Å². The lowest BCUT2D eigenvalue weighted by Gasteiger charge is -2.34. The van der Waals surface area contributed by atoms with Gasteiger partial charge < -0.3 is 52.8 Å². The molecule has 2 aliphatic rings. The SMILES string of the molecule is COC[C@H]1CN(c2ccc3c(=O)n(CCc4ccc(OC)c(OCCOCCOCCNC(=O)OC(C)(C)C)c4)c(CCN4C(=O)c5ccc(OCC(=O)OC(C)(C)C)cc5C4=O)nc3c2)CCO1. The van der Waals surface area contributed by atoms with Crippen molar-refractivity contribution in [1.29, 1.82) is 0 Å². The van der Waals surface area contributed by atoms with E-state index in [0.717, 1.165) is 16.2 Å². The van der Waals surface area contributed by atoms with Crippen molar-refractivity contribution in [2.75, 3.05) is 98.2 Å². The summed E-state index contributed by atoms with van der Waals surface area (Å²) in [5, 5.41) is 3.06. The van der Waals surface area contributed by atoms with Gasteiger partial charge in [0.1, 0.15) is 29.4 Å². The molecule has 1 saturated heterocycles. The van der Waals surface area contributed by atoms with Gasteiger partial charge in [0.15, 0.2) is 18.1 Å². The first-order valence-corrected chi connectivity index (χ1v) is 23.1. The molecule has 6 rings (SSSR count). The zero-order valence-electron chi connectivity index (χ0n) is 40.9. The summed E-state index contributed by atoms with van der Waals surface area (Å²) >= 11 is 0. The zero-order valence-corrected chi connectivity index (χ0v) is 40.9. The van der Waals surface area contributed by atoms with Gasteiger partial charge in [-0.15, -0.1) is 0 Å². The smallest absolute Gasteiger partial charge is 0.407 e. The first kappa shape index (κ1) is 52.1. The Hall–Kier alpha value is -6.28. The average molecular weight is 960 g/mol. The van der Waals surface area contributed by atoms with Crippen LogP contribution in [0.4, 0.5) is 10.5 Å². The topological polar surface area (TPSA) is 205 Å². The number of carbonyl (C=O) groups excluding carboxylic acids is 4. The molecule has 0 aliphatic carbocycles. The molecule has 3 amide bonds. The number of carbonyl (C=O) groups is 4. The van der Waals surface area contributed by atoms with Gasteiger partial charge in [0.25, 0.3) is 17.4 Å². The Morgan fingerprint density at radius 1 is 0.783 bits per heavy atom. The molecule has 4 aromatic rings. The summed E-state index contributed by atoms with van der Waals surface area (Å²) in [6.07, 6.45) is -0.122. The lowest BCUT2D eigenvalue weighted by molar-refractivity contribution is -0.157. The van der Waals surface area contributed by atoms with Crippen LogP contribution in [0.2, 0.25) is 0 Å². The molecule has 1 fully saturated rings. The van der Waals surface area contributed by atoms with Gasteiger partial charge in [-0.2, -0.15) is 0 Å². The van der Waals surface area contributed by atoms with Crippen LogP contribution in [0, 0.1) is 0 Å². The monoisotopic (exact) mass is 959 g/mol. The average Bonchev–Trinajstić information content (AvgIpc) is 3.53. The fourth-order valence-corrected chi connectivity index (χ4v) is 7.70. The number of methoxy groups -OCH3 is 2. The van der Waals surface area contributed by atoms with Crippen LogP contribution in [0.3, 0.4) is 0 Å². The van der Waals surface area contributed by atoms with Crippen LogP contribution >= 0.6 is 0 Å². The summed E-state index contributed by atoms with van der Waals surface area (Å²) < 4.78 is 51.8. The Bertz CT molecular complexity index is 2490. The third kappa shape index (κ3) is 14.9. The van der Waals surface area contributed by atoms with Gasteiger partial charge in [-0.1, -0.05) is 6.07 Å². The molecular weight excluding hydrogens is 895 g/mol. The van der Waals surface area contributed by atoms with E-state index >= 15 is 0 Å². The van der Waals surface area contributed by atoms with Crippen molar-refractivity contribution in [3.05, 3.63) is 87.5 Å². The van der Waals surface area contributed by atoms with E-state index in [9.17, 15) is 24.0 Å². The molecule has 0 unspecified atom stereocenters. The molecule has 0 bridgehead atoms. The van der Waals surface area contributed by atoms with Crippen molar-refractivity contribution in [3.63, 3.8) is 0 Å². The van der Waals surface area contributed by atoms with E-state index in [1.807, 2.05) is 24.3 Å². The number of hydrogen-bond acceptors (Lipinski definition) is 16. The quantitative estimate of drug-likeness (QED) is 0.0591. The maximum absolute atomic E-state index is 14.5. The molecule has 2 aliphatic heterocycles. The minimum absolute atomic E-state index is 0.0553. The molecule has 1 atom stereocenters. The number of morpholine rings is 1. The Balaban J connectivity index is 1.13. The molecule has 1 N–H and O–H groups in total. The molecule has 3 aromatic carbocycles. The Morgan fingerprint density at radius 3 is 2.26 bits per heavy atom. The Morgan fingerprint density at radius 2 is 1.52 bits per heavy atom.